The Bertz CT molecular complexity index is 202. The molecule has 1 saturated heterocycles. The third-order valence-corrected chi connectivity index (χ3v) is 2.57. The van der Waals surface area contributed by atoms with Gasteiger partial charge in [0.1, 0.15) is 0 Å². The lowest BCUT2D eigenvalue weighted by molar-refractivity contribution is -0.137. The molecule has 1 atom stereocenters. The Morgan fingerprint density at radius 1 is 1.64 bits per heavy atom. The molecule has 1 unspecified atom stereocenters. The largest absolute Gasteiger partial charge is 0.481 e. The first kappa shape index (κ1) is 11.5. The number of rotatable bonds is 6. The Kier molecular flexibility index (Phi) is 3.89. The van der Waals surface area contributed by atoms with E-state index >= 15 is 0 Å². The van der Waals surface area contributed by atoms with E-state index in [1.165, 1.54) is 0 Å². The van der Waals surface area contributed by atoms with Crippen LogP contribution in [0.5, 0.6) is 0 Å². The molecule has 0 aromatic heterocycles. The van der Waals surface area contributed by atoms with Crippen LogP contribution in [-0.4, -0.2) is 36.9 Å². The van der Waals surface area contributed by atoms with E-state index in [9.17, 15) is 4.79 Å². The normalized spacial score (nSPS) is 21.3. The Morgan fingerprint density at radius 2 is 2.29 bits per heavy atom. The fraction of sp³-hybridized carbons (Fsp3) is 0.900. The molecule has 1 fully saturated rings. The minimum absolute atomic E-state index is 0.237. The molecular formula is C10H19NO3. The Labute approximate surface area is 84.6 Å². The number of carboxylic acid groups (broad SMARTS) is 1. The summed E-state index contributed by atoms with van der Waals surface area (Å²) in [5.41, 5.74) is 0.261. The summed E-state index contributed by atoms with van der Waals surface area (Å²) in [5, 5.41) is 11.8. The monoisotopic (exact) mass is 201 g/mol. The highest BCUT2D eigenvalue weighted by Gasteiger charge is 2.33. The molecule has 2 N–H and O–H groups in total. The van der Waals surface area contributed by atoms with Crippen molar-refractivity contribution in [3.05, 3.63) is 0 Å². The smallest absolute Gasteiger partial charge is 0.303 e. The summed E-state index contributed by atoms with van der Waals surface area (Å²) in [5.74, 6) is -0.725. The lowest BCUT2D eigenvalue weighted by Crippen LogP contribution is -2.49. The first-order valence-electron chi connectivity index (χ1n) is 5.05. The van der Waals surface area contributed by atoms with Crippen LogP contribution in [0.1, 0.15) is 26.7 Å². The zero-order valence-electron chi connectivity index (χ0n) is 8.88. The summed E-state index contributed by atoms with van der Waals surface area (Å²) in [4.78, 5) is 10.3. The molecule has 0 spiro atoms. The maximum absolute atomic E-state index is 10.3. The van der Waals surface area contributed by atoms with Crippen LogP contribution >= 0.6 is 0 Å². The summed E-state index contributed by atoms with van der Waals surface area (Å²) in [6, 6.07) is 0.267. The van der Waals surface area contributed by atoms with Crippen molar-refractivity contribution in [3.8, 4) is 0 Å². The quantitative estimate of drug-likeness (QED) is 0.669. The van der Waals surface area contributed by atoms with Crippen molar-refractivity contribution in [2.45, 2.75) is 32.7 Å². The minimum Gasteiger partial charge on any atom is -0.481 e. The van der Waals surface area contributed by atoms with Crippen molar-refractivity contribution in [2.75, 3.05) is 19.8 Å². The second-order valence-corrected chi connectivity index (χ2v) is 4.52. The van der Waals surface area contributed by atoms with Crippen molar-refractivity contribution in [1.82, 2.24) is 5.32 Å². The van der Waals surface area contributed by atoms with Gasteiger partial charge in [0, 0.05) is 24.4 Å². The standard InChI is InChI=1S/C10H19NO3/c1-8(3-4-9(12)13)11-5-10(2)6-14-7-10/h8,11H,3-7H2,1-2H3,(H,12,13). The Balaban J connectivity index is 2.08. The summed E-state index contributed by atoms with van der Waals surface area (Å²) >= 11 is 0. The molecule has 1 heterocycles. The van der Waals surface area contributed by atoms with Gasteiger partial charge in [-0.2, -0.15) is 0 Å². The molecule has 0 amide bonds. The first-order valence-corrected chi connectivity index (χ1v) is 5.05. The van der Waals surface area contributed by atoms with Crippen molar-refractivity contribution >= 4 is 5.97 Å². The molecule has 0 aliphatic carbocycles. The van der Waals surface area contributed by atoms with Crippen molar-refractivity contribution in [3.63, 3.8) is 0 Å². The van der Waals surface area contributed by atoms with Crippen LogP contribution < -0.4 is 5.32 Å². The van der Waals surface area contributed by atoms with Crippen molar-refractivity contribution in [2.24, 2.45) is 5.41 Å². The third-order valence-electron chi connectivity index (χ3n) is 2.57. The summed E-state index contributed by atoms with van der Waals surface area (Å²) < 4.78 is 5.13. The average molecular weight is 201 g/mol. The van der Waals surface area contributed by atoms with Gasteiger partial charge in [0.05, 0.1) is 13.2 Å². The third kappa shape index (κ3) is 3.64. The average Bonchev–Trinajstić information content (AvgIpc) is 2.08. The van der Waals surface area contributed by atoms with E-state index in [1.807, 2.05) is 6.92 Å². The molecule has 1 aliphatic heterocycles. The summed E-state index contributed by atoms with van der Waals surface area (Å²) in [7, 11) is 0. The lowest BCUT2D eigenvalue weighted by atomic mass is 9.88. The zero-order valence-corrected chi connectivity index (χ0v) is 8.88. The van der Waals surface area contributed by atoms with Crippen molar-refractivity contribution in [1.29, 1.82) is 0 Å². The predicted octanol–water partition coefficient (Wildman–Crippen LogP) is 0.866. The molecular weight excluding hydrogens is 182 g/mol. The van der Waals surface area contributed by atoms with Gasteiger partial charge in [-0.1, -0.05) is 6.92 Å². The molecule has 4 heteroatoms. The maximum Gasteiger partial charge on any atom is 0.303 e. The van der Waals surface area contributed by atoms with Gasteiger partial charge >= 0.3 is 5.97 Å². The van der Waals surface area contributed by atoms with Crippen LogP contribution in [0.15, 0.2) is 0 Å². The van der Waals surface area contributed by atoms with Crippen LogP contribution in [0.4, 0.5) is 0 Å². The van der Waals surface area contributed by atoms with E-state index in [2.05, 4.69) is 12.2 Å². The number of carboxylic acids is 1. The van der Waals surface area contributed by atoms with Gasteiger partial charge < -0.3 is 15.2 Å². The minimum atomic E-state index is -0.725. The van der Waals surface area contributed by atoms with Crippen LogP contribution in [0.2, 0.25) is 0 Å². The Morgan fingerprint density at radius 3 is 2.71 bits per heavy atom. The second kappa shape index (κ2) is 4.75. The second-order valence-electron chi connectivity index (χ2n) is 4.52. The van der Waals surface area contributed by atoms with Gasteiger partial charge in [0.2, 0.25) is 0 Å². The fourth-order valence-electron chi connectivity index (χ4n) is 1.42. The van der Waals surface area contributed by atoms with Gasteiger partial charge in [-0.15, -0.1) is 0 Å². The van der Waals surface area contributed by atoms with Gasteiger partial charge in [0.15, 0.2) is 0 Å². The molecule has 0 aromatic carbocycles. The molecule has 0 aromatic rings. The number of hydrogen-bond donors (Lipinski definition) is 2. The van der Waals surface area contributed by atoms with Gasteiger partial charge in [-0.3, -0.25) is 4.79 Å². The summed E-state index contributed by atoms with van der Waals surface area (Å²) in [6.45, 7) is 6.73. The highest BCUT2D eigenvalue weighted by Crippen LogP contribution is 2.25. The SMILES string of the molecule is CC(CCC(=O)O)NCC1(C)COC1. The summed E-state index contributed by atoms with van der Waals surface area (Å²) in [6.07, 6.45) is 0.924. The molecule has 0 bridgehead atoms. The van der Waals surface area contributed by atoms with E-state index in [0.717, 1.165) is 19.8 Å². The molecule has 0 radical (unpaired) electrons. The van der Waals surface area contributed by atoms with Crippen LogP contribution in [0.3, 0.4) is 0 Å². The molecule has 82 valence electrons. The number of hydrogen-bond acceptors (Lipinski definition) is 3. The number of ether oxygens (including phenoxy) is 1. The molecule has 1 aliphatic rings. The highest BCUT2D eigenvalue weighted by molar-refractivity contribution is 5.66. The number of aliphatic carboxylic acids is 1. The molecule has 4 nitrogen and oxygen atoms in total. The first-order chi connectivity index (χ1) is 6.52. The van der Waals surface area contributed by atoms with Crippen LogP contribution in [0, 0.1) is 5.41 Å². The topological polar surface area (TPSA) is 58.6 Å². The van der Waals surface area contributed by atoms with Crippen LogP contribution in [-0.2, 0) is 9.53 Å². The molecule has 1 rings (SSSR count). The van der Waals surface area contributed by atoms with E-state index in [4.69, 9.17) is 9.84 Å². The van der Waals surface area contributed by atoms with E-state index in [1.54, 1.807) is 0 Å². The molecule has 14 heavy (non-hydrogen) atoms. The number of carbonyl (C=O) groups is 1. The zero-order chi connectivity index (χ0) is 10.6. The van der Waals surface area contributed by atoms with Gasteiger partial charge in [-0.25, -0.2) is 0 Å². The lowest BCUT2D eigenvalue weighted by Gasteiger charge is -2.39. The fourth-order valence-corrected chi connectivity index (χ4v) is 1.42. The van der Waals surface area contributed by atoms with Gasteiger partial charge in [0.25, 0.3) is 0 Å². The maximum atomic E-state index is 10.3. The van der Waals surface area contributed by atoms with E-state index in [0.29, 0.717) is 6.42 Å². The van der Waals surface area contributed by atoms with E-state index < -0.39 is 5.97 Å². The Hall–Kier alpha value is -0.610. The number of nitrogens with one attached hydrogen (secondary N) is 1. The molecule has 0 saturated carbocycles. The predicted molar refractivity (Wildman–Crippen MR) is 53.3 cm³/mol. The van der Waals surface area contributed by atoms with Crippen molar-refractivity contribution < 1.29 is 14.6 Å². The van der Waals surface area contributed by atoms with E-state index in [-0.39, 0.29) is 17.9 Å². The highest BCUT2D eigenvalue weighted by atomic mass is 16.5. The van der Waals surface area contributed by atoms with Gasteiger partial charge in [-0.05, 0) is 13.3 Å². The van der Waals surface area contributed by atoms with Crippen LogP contribution in [0.25, 0.3) is 0 Å².